The quantitative estimate of drug-likeness (QED) is 0.836. The van der Waals surface area contributed by atoms with Crippen LogP contribution in [0.5, 0.6) is 0 Å². The lowest BCUT2D eigenvalue weighted by molar-refractivity contribution is -0.136. The van der Waals surface area contributed by atoms with Crippen LogP contribution in [-0.2, 0) is 18.3 Å². The summed E-state index contributed by atoms with van der Waals surface area (Å²) < 4.78 is 1.58. The van der Waals surface area contributed by atoms with E-state index in [1.807, 2.05) is 12.1 Å². The van der Waals surface area contributed by atoms with E-state index in [0.717, 1.165) is 11.3 Å². The molecule has 0 bridgehead atoms. The van der Waals surface area contributed by atoms with Crippen molar-refractivity contribution in [2.24, 2.45) is 7.05 Å². The molecular formula is C11H11N3O2. The largest absolute Gasteiger partial charge is 0.481 e. The fraction of sp³-hybridized carbons (Fsp3) is 0.182. The summed E-state index contributed by atoms with van der Waals surface area (Å²) in [4.78, 5) is 14.6. The summed E-state index contributed by atoms with van der Waals surface area (Å²) >= 11 is 0. The molecule has 82 valence electrons. The lowest BCUT2D eigenvalue weighted by atomic mass is 10.2. The third-order valence-corrected chi connectivity index (χ3v) is 2.27. The number of aromatic nitrogens is 3. The third kappa shape index (κ3) is 2.08. The molecule has 16 heavy (non-hydrogen) atoms. The second-order valence-corrected chi connectivity index (χ2v) is 3.46. The Kier molecular flexibility index (Phi) is 2.68. The Morgan fingerprint density at radius 3 is 3.00 bits per heavy atom. The number of carboxylic acids is 1. The summed E-state index contributed by atoms with van der Waals surface area (Å²) in [6.45, 7) is 0. The minimum atomic E-state index is -0.860. The summed E-state index contributed by atoms with van der Waals surface area (Å²) in [5, 5.41) is 13.0. The highest BCUT2D eigenvalue weighted by molar-refractivity contribution is 5.70. The Hall–Kier alpha value is -2.17. The van der Waals surface area contributed by atoms with E-state index >= 15 is 0 Å². The number of pyridine rings is 1. The van der Waals surface area contributed by atoms with Crippen molar-refractivity contribution in [1.29, 1.82) is 0 Å². The molecule has 0 spiro atoms. The first-order chi connectivity index (χ1) is 7.66. The van der Waals surface area contributed by atoms with E-state index in [1.54, 1.807) is 30.2 Å². The second kappa shape index (κ2) is 4.14. The summed E-state index contributed by atoms with van der Waals surface area (Å²) in [6, 6.07) is 5.48. The van der Waals surface area contributed by atoms with Gasteiger partial charge in [0.25, 0.3) is 0 Å². The molecule has 1 N–H and O–H groups in total. The predicted molar refractivity (Wildman–Crippen MR) is 57.8 cm³/mol. The average molecular weight is 217 g/mol. The standard InChI is InChI=1S/C11H11N3O2/c1-14-9(6-11(15)16)5-10(13-14)8-3-2-4-12-7-8/h2-5,7H,6H2,1H3,(H,15,16). The maximum Gasteiger partial charge on any atom is 0.309 e. The number of rotatable bonds is 3. The van der Waals surface area contributed by atoms with Crippen molar-refractivity contribution in [3.8, 4) is 11.3 Å². The molecule has 0 amide bonds. The SMILES string of the molecule is Cn1nc(-c2cccnc2)cc1CC(=O)O. The first kappa shape index (κ1) is 10.4. The van der Waals surface area contributed by atoms with Crippen molar-refractivity contribution in [3.63, 3.8) is 0 Å². The van der Waals surface area contributed by atoms with Gasteiger partial charge in [0.1, 0.15) is 0 Å². The molecule has 2 heterocycles. The van der Waals surface area contributed by atoms with Crippen LogP contribution in [0, 0.1) is 0 Å². The van der Waals surface area contributed by atoms with Crippen LogP contribution in [0.1, 0.15) is 5.69 Å². The molecule has 0 atom stereocenters. The fourth-order valence-corrected chi connectivity index (χ4v) is 1.48. The zero-order valence-electron chi connectivity index (χ0n) is 8.79. The van der Waals surface area contributed by atoms with Crippen LogP contribution in [-0.4, -0.2) is 25.8 Å². The summed E-state index contributed by atoms with van der Waals surface area (Å²) in [5.74, 6) is -0.860. The van der Waals surface area contributed by atoms with Gasteiger partial charge in [0, 0.05) is 30.7 Å². The van der Waals surface area contributed by atoms with Crippen LogP contribution in [0.2, 0.25) is 0 Å². The first-order valence-corrected chi connectivity index (χ1v) is 4.82. The van der Waals surface area contributed by atoms with E-state index < -0.39 is 5.97 Å². The van der Waals surface area contributed by atoms with Gasteiger partial charge in [0.2, 0.25) is 0 Å². The van der Waals surface area contributed by atoms with Crippen molar-refractivity contribution in [2.75, 3.05) is 0 Å². The van der Waals surface area contributed by atoms with Gasteiger partial charge in [-0.3, -0.25) is 14.5 Å². The van der Waals surface area contributed by atoms with Crippen molar-refractivity contribution >= 4 is 5.97 Å². The summed E-state index contributed by atoms with van der Waals surface area (Å²) in [5.41, 5.74) is 2.30. The van der Waals surface area contributed by atoms with Crippen molar-refractivity contribution < 1.29 is 9.90 Å². The smallest absolute Gasteiger partial charge is 0.309 e. The molecule has 0 aliphatic carbocycles. The normalized spacial score (nSPS) is 10.3. The van der Waals surface area contributed by atoms with Crippen LogP contribution in [0.4, 0.5) is 0 Å². The van der Waals surface area contributed by atoms with E-state index in [9.17, 15) is 4.79 Å². The van der Waals surface area contributed by atoms with E-state index in [4.69, 9.17) is 5.11 Å². The molecule has 0 unspecified atom stereocenters. The number of hydrogen-bond acceptors (Lipinski definition) is 3. The van der Waals surface area contributed by atoms with Crippen LogP contribution in [0.3, 0.4) is 0 Å². The highest BCUT2D eigenvalue weighted by atomic mass is 16.4. The average Bonchev–Trinajstić information content (AvgIpc) is 2.61. The Balaban J connectivity index is 2.34. The Bertz CT molecular complexity index is 505. The molecule has 0 aliphatic heterocycles. The minimum Gasteiger partial charge on any atom is -0.481 e. The molecule has 0 fully saturated rings. The number of carboxylic acid groups (broad SMARTS) is 1. The van der Waals surface area contributed by atoms with Crippen LogP contribution >= 0.6 is 0 Å². The lowest BCUT2D eigenvalue weighted by Gasteiger charge is -1.95. The van der Waals surface area contributed by atoms with Gasteiger partial charge < -0.3 is 5.11 Å². The second-order valence-electron chi connectivity index (χ2n) is 3.46. The van der Waals surface area contributed by atoms with Gasteiger partial charge in [-0.2, -0.15) is 5.10 Å². The van der Waals surface area contributed by atoms with E-state index in [-0.39, 0.29) is 6.42 Å². The van der Waals surface area contributed by atoms with Crippen molar-refractivity contribution in [1.82, 2.24) is 14.8 Å². The number of aliphatic carboxylic acids is 1. The van der Waals surface area contributed by atoms with E-state index in [0.29, 0.717) is 5.69 Å². The Labute approximate surface area is 92.4 Å². The minimum absolute atomic E-state index is 0.0240. The van der Waals surface area contributed by atoms with Gasteiger partial charge in [-0.05, 0) is 18.2 Å². The molecular weight excluding hydrogens is 206 g/mol. The molecule has 5 nitrogen and oxygen atoms in total. The van der Waals surface area contributed by atoms with Gasteiger partial charge in [0.15, 0.2) is 0 Å². The topological polar surface area (TPSA) is 68.0 Å². The van der Waals surface area contributed by atoms with Crippen molar-refractivity contribution in [2.45, 2.75) is 6.42 Å². The number of nitrogens with zero attached hydrogens (tertiary/aromatic N) is 3. The van der Waals surface area contributed by atoms with Crippen LogP contribution in [0.15, 0.2) is 30.6 Å². The fourth-order valence-electron chi connectivity index (χ4n) is 1.48. The molecule has 5 heteroatoms. The summed E-state index contributed by atoms with van der Waals surface area (Å²) in [6.07, 6.45) is 3.36. The molecule has 2 rings (SSSR count). The van der Waals surface area contributed by atoms with Crippen LogP contribution < -0.4 is 0 Å². The molecule has 0 aromatic carbocycles. The molecule has 2 aromatic rings. The van der Waals surface area contributed by atoms with Gasteiger partial charge >= 0.3 is 5.97 Å². The maximum absolute atomic E-state index is 10.6. The highest BCUT2D eigenvalue weighted by Gasteiger charge is 2.09. The van der Waals surface area contributed by atoms with Crippen molar-refractivity contribution in [3.05, 3.63) is 36.3 Å². The zero-order valence-corrected chi connectivity index (χ0v) is 8.79. The zero-order chi connectivity index (χ0) is 11.5. The molecule has 0 saturated heterocycles. The summed E-state index contributed by atoms with van der Waals surface area (Å²) in [7, 11) is 1.73. The van der Waals surface area contributed by atoms with Gasteiger partial charge in [-0.15, -0.1) is 0 Å². The van der Waals surface area contributed by atoms with E-state index in [1.165, 1.54) is 0 Å². The van der Waals surface area contributed by atoms with E-state index in [2.05, 4.69) is 10.1 Å². The number of aryl methyl sites for hydroxylation is 1. The monoisotopic (exact) mass is 217 g/mol. The predicted octanol–water partition coefficient (Wildman–Crippen LogP) is 1.11. The van der Waals surface area contributed by atoms with Gasteiger partial charge in [-0.1, -0.05) is 0 Å². The Morgan fingerprint density at radius 1 is 1.56 bits per heavy atom. The first-order valence-electron chi connectivity index (χ1n) is 4.82. The molecule has 0 saturated carbocycles. The Morgan fingerprint density at radius 2 is 2.38 bits per heavy atom. The third-order valence-electron chi connectivity index (χ3n) is 2.27. The van der Waals surface area contributed by atoms with Crippen LogP contribution in [0.25, 0.3) is 11.3 Å². The highest BCUT2D eigenvalue weighted by Crippen LogP contribution is 2.17. The van der Waals surface area contributed by atoms with Gasteiger partial charge in [0.05, 0.1) is 12.1 Å². The maximum atomic E-state index is 10.6. The molecule has 0 radical (unpaired) electrons. The lowest BCUT2D eigenvalue weighted by Crippen LogP contribution is -2.05. The van der Waals surface area contributed by atoms with Gasteiger partial charge in [-0.25, -0.2) is 0 Å². The molecule has 2 aromatic heterocycles. The number of carbonyl (C=O) groups is 1. The molecule has 0 aliphatic rings. The number of hydrogen-bond donors (Lipinski definition) is 1.